The van der Waals surface area contributed by atoms with Crippen molar-refractivity contribution in [2.45, 2.75) is 6.54 Å². The molecule has 4 rings (SSSR count). The number of nitrogens with one attached hydrogen (secondary N) is 2. The molecule has 0 saturated heterocycles. The van der Waals surface area contributed by atoms with Crippen molar-refractivity contribution in [3.63, 3.8) is 0 Å². The van der Waals surface area contributed by atoms with Crippen molar-refractivity contribution in [1.29, 1.82) is 5.41 Å². The molecule has 1 heterocycles. The molecular weight excluding hydrogens is 484 g/mol. The number of likely N-dealkylation sites (N-methyl/N-ethyl adjacent to an activating group) is 1. The van der Waals surface area contributed by atoms with Crippen molar-refractivity contribution in [2.24, 2.45) is 11.5 Å². The van der Waals surface area contributed by atoms with Gasteiger partial charge in [-0.25, -0.2) is 0 Å². The van der Waals surface area contributed by atoms with Gasteiger partial charge in [-0.1, -0.05) is 30.3 Å². The molecule has 1 aromatic heterocycles. The largest absolute Gasteiger partial charge is 0.484 e. The van der Waals surface area contributed by atoms with Crippen LogP contribution in [0.15, 0.2) is 72.8 Å². The average molecular weight is 513 g/mol. The van der Waals surface area contributed by atoms with Crippen LogP contribution < -0.4 is 21.5 Å². The van der Waals surface area contributed by atoms with E-state index >= 15 is 0 Å². The minimum atomic E-state index is -0.522. The summed E-state index contributed by atoms with van der Waals surface area (Å²) in [6.45, 7) is 0.202. The van der Waals surface area contributed by atoms with Gasteiger partial charge in [-0.05, 0) is 42.0 Å². The van der Waals surface area contributed by atoms with E-state index in [2.05, 4.69) is 5.32 Å². The third-order valence-corrected chi connectivity index (χ3v) is 5.98. The first-order valence-electron chi connectivity index (χ1n) is 11.7. The van der Waals surface area contributed by atoms with Crippen molar-refractivity contribution < 1.29 is 19.1 Å². The lowest BCUT2D eigenvalue weighted by Crippen LogP contribution is -2.27. The van der Waals surface area contributed by atoms with Gasteiger partial charge < -0.3 is 31.0 Å². The number of primary amides is 1. The smallest absolute Gasteiger partial charge is 0.272 e. The van der Waals surface area contributed by atoms with Crippen LogP contribution in [0.5, 0.6) is 5.75 Å². The van der Waals surface area contributed by atoms with Gasteiger partial charge in [0, 0.05) is 54.4 Å². The number of hydrogen-bond acceptors (Lipinski definition) is 5. The van der Waals surface area contributed by atoms with E-state index in [1.807, 2.05) is 10.6 Å². The summed E-state index contributed by atoms with van der Waals surface area (Å²) in [4.78, 5) is 38.2. The highest BCUT2D eigenvalue weighted by atomic mass is 16.5. The number of carbonyl (C=O) groups is 3. The summed E-state index contributed by atoms with van der Waals surface area (Å²) >= 11 is 0. The Kier molecular flexibility index (Phi) is 7.43. The standard InChI is InChI=1S/C28H28N6O4/c1-33(2)25(35)16-38-22-5-3-4-21(14-22)32-28(37)24-12-19-10-11-20(26(29)30)13-23(19)34(24)15-17-6-8-18(9-7-17)27(31)36/h3-14H,15-16H2,1-2H3,(H3,29,30)(H2,31,36)(H,32,37). The van der Waals surface area contributed by atoms with Crippen LogP contribution in [0.2, 0.25) is 0 Å². The number of fused-ring (bicyclic) bond motifs is 1. The van der Waals surface area contributed by atoms with E-state index in [1.54, 1.807) is 80.8 Å². The van der Waals surface area contributed by atoms with Gasteiger partial charge in [0.25, 0.3) is 11.8 Å². The molecule has 38 heavy (non-hydrogen) atoms. The van der Waals surface area contributed by atoms with Crippen LogP contribution in [0, 0.1) is 5.41 Å². The molecule has 0 aliphatic heterocycles. The number of rotatable bonds is 9. The molecule has 3 aromatic carbocycles. The second-order valence-corrected chi connectivity index (χ2v) is 8.92. The summed E-state index contributed by atoms with van der Waals surface area (Å²) in [7, 11) is 3.29. The quantitative estimate of drug-likeness (QED) is 0.200. The van der Waals surface area contributed by atoms with Gasteiger partial charge in [-0.2, -0.15) is 0 Å². The number of anilines is 1. The molecule has 0 fully saturated rings. The Morgan fingerprint density at radius 3 is 2.32 bits per heavy atom. The van der Waals surface area contributed by atoms with Gasteiger partial charge in [0.2, 0.25) is 5.91 Å². The van der Waals surface area contributed by atoms with E-state index in [1.165, 1.54) is 4.90 Å². The third-order valence-electron chi connectivity index (χ3n) is 5.98. The summed E-state index contributed by atoms with van der Waals surface area (Å²) in [5.74, 6) is -0.703. The maximum absolute atomic E-state index is 13.5. The van der Waals surface area contributed by atoms with Crippen LogP contribution in [0.4, 0.5) is 5.69 Å². The lowest BCUT2D eigenvalue weighted by Gasteiger charge is -2.14. The number of carbonyl (C=O) groups excluding carboxylic acids is 3. The van der Waals surface area contributed by atoms with Gasteiger partial charge in [-0.3, -0.25) is 19.8 Å². The molecule has 0 atom stereocenters. The van der Waals surface area contributed by atoms with Gasteiger partial charge in [-0.15, -0.1) is 0 Å². The highest BCUT2D eigenvalue weighted by molar-refractivity contribution is 6.07. The molecule has 10 nitrogen and oxygen atoms in total. The number of ether oxygens (including phenoxy) is 1. The highest BCUT2D eigenvalue weighted by Crippen LogP contribution is 2.25. The third kappa shape index (κ3) is 5.81. The maximum Gasteiger partial charge on any atom is 0.272 e. The number of aromatic nitrogens is 1. The molecular formula is C28H28N6O4. The van der Waals surface area contributed by atoms with Crippen molar-refractivity contribution >= 4 is 40.1 Å². The van der Waals surface area contributed by atoms with E-state index < -0.39 is 5.91 Å². The predicted molar refractivity (Wildman–Crippen MR) is 146 cm³/mol. The molecule has 0 spiro atoms. The zero-order valence-corrected chi connectivity index (χ0v) is 21.0. The number of nitrogens with zero attached hydrogens (tertiary/aromatic N) is 2. The summed E-state index contributed by atoms with van der Waals surface area (Å²) in [5.41, 5.74) is 14.4. The van der Waals surface area contributed by atoms with E-state index in [-0.39, 0.29) is 24.3 Å². The van der Waals surface area contributed by atoms with Crippen LogP contribution in [-0.4, -0.2) is 53.7 Å². The molecule has 6 N–H and O–H groups in total. The van der Waals surface area contributed by atoms with Crippen molar-refractivity contribution in [3.05, 3.63) is 95.2 Å². The number of nitrogens with two attached hydrogens (primary N) is 2. The Labute approximate surface area is 219 Å². The number of benzene rings is 3. The van der Waals surface area contributed by atoms with Crippen molar-refractivity contribution in [2.75, 3.05) is 26.0 Å². The average Bonchev–Trinajstić information content (AvgIpc) is 3.25. The zero-order valence-electron chi connectivity index (χ0n) is 21.0. The summed E-state index contributed by atoms with van der Waals surface area (Å²) in [6.07, 6.45) is 0. The Bertz CT molecular complexity index is 1540. The molecule has 4 aromatic rings. The molecule has 0 aliphatic rings. The van der Waals surface area contributed by atoms with Crippen molar-refractivity contribution in [1.82, 2.24) is 9.47 Å². The van der Waals surface area contributed by atoms with E-state index in [0.717, 1.165) is 16.5 Å². The van der Waals surface area contributed by atoms with Gasteiger partial charge in [0.15, 0.2) is 6.61 Å². The van der Waals surface area contributed by atoms with Crippen LogP contribution in [0.1, 0.15) is 32.0 Å². The molecule has 194 valence electrons. The fourth-order valence-corrected chi connectivity index (χ4v) is 3.87. The van der Waals surface area contributed by atoms with E-state index in [9.17, 15) is 14.4 Å². The number of hydrogen-bond donors (Lipinski definition) is 4. The molecule has 0 unspecified atom stereocenters. The number of nitrogen functional groups attached to an aromatic ring is 1. The number of amidine groups is 1. The van der Waals surface area contributed by atoms with Crippen molar-refractivity contribution in [3.8, 4) is 5.75 Å². The maximum atomic E-state index is 13.5. The van der Waals surface area contributed by atoms with Crippen LogP contribution >= 0.6 is 0 Å². The Morgan fingerprint density at radius 2 is 1.66 bits per heavy atom. The monoisotopic (exact) mass is 512 g/mol. The molecule has 10 heteroatoms. The number of amides is 3. The molecule has 3 amide bonds. The minimum absolute atomic E-state index is 0.0824. The topological polar surface area (TPSA) is 157 Å². The summed E-state index contributed by atoms with van der Waals surface area (Å²) in [6, 6.07) is 20.7. The molecule has 0 bridgehead atoms. The Hall–Kier alpha value is -5.12. The molecule has 0 saturated carbocycles. The summed E-state index contributed by atoms with van der Waals surface area (Å²) in [5, 5.41) is 11.5. The molecule has 0 radical (unpaired) electrons. The highest BCUT2D eigenvalue weighted by Gasteiger charge is 2.18. The van der Waals surface area contributed by atoms with Crippen LogP contribution in [0.3, 0.4) is 0 Å². The summed E-state index contributed by atoms with van der Waals surface area (Å²) < 4.78 is 7.38. The SMILES string of the molecule is CN(C)C(=O)COc1cccc(NC(=O)c2cc3ccc(C(=N)N)cc3n2Cc2ccc(C(N)=O)cc2)c1. The second kappa shape index (κ2) is 10.9. The lowest BCUT2D eigenvalue weighted by molar-refractivity contribution is -0.130. The van der Waals surface area contributed by atoms with E-state index in [0.29, 0.717) is 34.8 Å². The fraction of sp³-hybridized carbons (Fsp3) is 0.143. The first-order valence-corrected chi connectivity index (χ1v) is 11.7. The first kappa shape index (κ1) is 26.0. The Morgan fingerprint density at radius 1 is 0.947 bits per heavy atom. The predicted octanol–water partition coefficient (Wildman–Crippen LogP) is 2.79. The van der Waals surface area contributed by atoms with Gasteiger partial charge >= 0.3 is 0 Å². The van der Waals surface area contributed by atoms with Crippen LogP contribution in [0.25, 0.3) is 10.9 Å². The van der Waals surface area contributed by atoms with Gasteiger partial charge in [0.05, 0.1) is 0 Å². The lowest BCUT2D eigenvalue weighted by atomic mass is 10.1. The fourth-order valence-electron chi connectivity index (χ4n) is 3.87. The van der Waals surface area contributed by atoms with Crippen LogP contribution in [-0.2, 0) is 11.3 Å². The second-order valence-electron chi connectivity index (χ2n) is 8.92. The first-order chi connectivity index (χ1) is 18.1. The normalized spacial score (nSPS) is 10.7. The zero-order chi connectivity index (χ0) is 27.4. The van der Waals surface area contributed by atoms with E-state index in [4.69, 9.17) is 21.6 Å². The van der Waals surface area contributed by atoms with Gasteiger partial charge in [0.1, 0.15) is 17.3 Å². The molecule has 0 aliphatic carbocycles. The Balaban J connectivity index is 1.65. The minimum Gasteiger partial charge on any atom is -0.484 e.